The molecule has 2 aliphatic rings. The molecule has 2 bridgehead atoms. The van der Waals surface area contributed by atoms with Crippen LogP contribution in [0.4, 0.5) is 0 Å². The van der Waals surface area contributed by atoms with Crippen molar-refractivity contribution in [1.82, 2.24) is 0 Å². The highest BCUT2D eigenvalue weighted by atomic mass is 16.3. The van der Waals surface area contributed by atoms with Gasteiger partial charge in [0.1, 0.15) is 0 Å². The fourth-order valence-corrected chi connectivity index (χ4v) is 5.15. The molecule has 2 fully saturated rings. The monoisotopic (exact) mass is 232 g/mol. The van der Waals surface area contributed by atoms with E-state index < -0.39 is 0 Å². The van der Waals surface area contributed by atoms with Gasteiger partial charge in [-0.1, -0.05) is 34.6 Å². The highest BCUT2D eigenvalue weighted by Crippen LogP contribution is 2.76. The summed E-state index contributed by atoms with van der Waals surface area (Å²) >= 11 is 0. The summed E-state index contributed by atoms with van der Waals surface area (Å²) in [6.07, 6.45) is 2.43. The molecule has 1 nitrogen and oxygen atoms in total. The Labute approximate surface area is 105 Å². The lowest BCUT2D eigenvalue weighted by atomic mass is 9.48. The van der Waals surface area contributed by atoms with E-state index in [4.69, 9.17) is 9.51 Å². The van der Waals surface area contributed by atoms with E-state index in [1.54, 1.807) is 0 Å². The van der Waals surface area contributed by atoms with E-state index in [0.29, 0.717) is 5.41 Å². The van der Waals surface area contributed by atoms with E-state index in [0.717, 1.165) is 11.8 Å². The van der Waals surface area contributed by atoms with Crippen molar-refractivity contribution in [3.8, 4) is 0 Å². The standard InChI is InChI=1S/C15H28O.H2/c1-10-8-15(14(6,7)16)9-11(10)12(2,3)13(15,4)5;/h10-11,16H,8-9H2,1-7H3;1H/t10-,11?,15?;/m1./s1/i16T;1+2T. The maximum Gasteiger partial charge on any atom is 0.211 e. The van der Waals surface area contributed by atoms with Crippen LogP contribution >= 0.6 is 0 Å². The molecule has 1 N–H and O–H groups in total. The van der Waals surface area contributed by atoms with Crippen molar-refractivity contribution >= 4 is 0 Å². The van der Waals surface area contributed by atoms with Crippen molar-refractivity contribution in [3.63, 3.8) is 0 Å². The topological polar surface area (TPSA) is 20.2 Å². The van der Waals surface area contributed by atoms with Crippen LogP contribution in [0.5, 0.6) is 0 Å². The maximum absolute atomic E-state index is 7.49. The van der Waals surface area contributed by atoms with Crippen LogP contribution < -0.4 is 0 Å². The van der Waals surface area contributed by atoms with Gasteiger partial charge in [0, 0.05) is 8.38 Å². The Kier molecular flexibility index (Phi) is 1.77. The van der Waals surface area contributed by atoms with Gasteiger partial charge in [-0.25, -0.2) is 0 Å². The molecular formula is C15H30O. The van der Waals surface area contributed by atoms with Gasteiger partial charge in [-0.3, -0.25) is 0 Å². The molecule has 96 valence electrons. The van der Waals surface area contributed by atoms with Gasteiger partial charge in [-0.2, -0.15) is 0 Å². The van der Waals surface area contributed by atoms with Crippen LogP contribution in [0.3, 0.4) is 0 Å². The van der Waals surface area contributed by atoms with E-state index >= 15 is 0 Å². The lowest BCUT2D eigenvalue weighted by molar-refractivity contribution is -0.151. The molecule has 16 heavy (non-hydrogen) atoms. The first-order valence-electron chi connectivity index (χ1n) is 8.09. The summed E-state index contributed by atoms with van der Waals surface area (Å²) in [5.74, 6) is 1.53. The van der Waals surface area contributed by atoms with Gasteiger partial charge in [0.25, 0.3) is 0 Å². The molecule has 3 atom stereocenters. The minimum atomic E-state index is -0.354. The summed E-state index contributed by atoms with van der Waals surface area (Å²) in [5, 5.41) is 5.17. The SMILES string of the molecule is [3H]OC(C)(C)C12CC([C@H](C)C1)C(C)(C)C2(C)C.[3H][3H]. The first kappa shape index (κ1) is 9.94. The zero-order valence-electron chi connectivity index (χ0n) is 15.0. The lowest BCUT2D eigenvalue weighted by Crippen LogP contribution is -2.55. The molecule has 0 aromatic heterocycles. The number of hydrogen-bond donors (Lipinski definition) is 1. The van der Waals surface area contributed by atoms with Gasteiger partial charge in [-0.05, 0) is 49.4 Å². The fraction of sp³-hybridized carbons (Fsp3) is 1.00. The van der Waals surface area contributed by atoms with Crippen molar-refractivity contribution in [2.45, 2.75) is 66.9 Å². The maximum atomic E-state index is 7.49. The molecule has 2 rings (SSSR count). The Morgan fingerprint density at radius 2 is 1.88 bits per heavy atom. The molecule has 0 spiro atoms. The van der Waals surface area contributed by atoms with Crippen molar-refractivity contribution in [1.29, 1.82) is 1.43 Å². The molecular weight excluding hydrogens is 196 g/mol. The average Bonchev–Trinajstić information content (AvgIpc) is 2.77. The molecule has 0 aliphatic heterocycles. The number of hydrogen-bond acceptors (Lipinski definition) is 1. The third-order valence-electron chi connectivity index (χ3n) is 6.81. The molecule has 0 heterocycles. The van der Waals surface area contributed by atoms with E-state index in [-0.39, 0.29) is 16.4 Å². The Balaban J connectivity index is 0.000000861. The van der Waals surface area contributed by atoms with E-state index in [9.17, 15) is 0 Å². The summed E-state index contributed by atoms with van der Waals surface area (Å²) in [6.45, 7) is 16.2. The summed E-state index contributed by atoms with van der Waals surface area (Å²) < 4.78 is 17.5. The Hall–Kier alpha value is -0.0400. The highest BCUT2D eigenvalue weighted by molar-refractivity contribution is 5.20. The number of fused-ring (bicyclic) bond motifs is 2. The molecule has 0 aromatic carbocycles. The quantitative estimate of drug-likeness (QED) is 0.760. The van der Waals surface area contributed by atoms with E-state index in [1.165, 1.54) is 12.8 Å². The van der Waals surface area contributed by atoms with E-state index in [1.807, 2.05) is 0 Å². The van der Waals surface area contributed by atoms with Crippen LogP contribution in [0.1, 0.15) is 64.3 Å². The van der Waals surface area contributed by atoms with Gasteiger partial charge in [0.2, 0.25) is 1.43 Å². The van der Waals surface area contributed by atoms with Crippen molar-refractivity contribution in [2.75, 3.05) is 0 Å². The minimum Gasteiger partial charge on any atom is -0.390 e. The highest BCUT2D eigenvalue weighted by Gasteiger charge is 2.72. The average molecular weight is 232 g/mol. The smallest absolute Gasteiger partial charge is 0.211 e. The summed E-state index contributed by atoms with van der Waals surface area (Å²) in [7, 11) is 0. The molecule has 0 amide bonds. The van der Waals surface area contributed by atoms with Crippen LogP contribution in [0.15, 0.2) is 0 Å². The van der Waals surface area contributed by atoms with Gasteiger partial charge in [0.15, 0.2) is 0 Å². The second-order valence-electron chi connectivity index (χ2n) is 7.93. The van der Waals surface area contributed by atoms with Crippen LogP contribution in [-0.4, -0.2) is 12.1 Å². The molecule has 2 unspecified atom stereocenters. The van der Waals surface area contributed by atoms with Crippen LogP contribution in [0.25, 0.3) is 0 Å². The fourth-order valence-electron chi connectivity index (χ4n) is 5.15. The van der Waals surface area contributed by atoms with Gasteiger partial charge in [0.05, 0.1) is 5.60 Å². The second-order valence-corrected chi connectivity index (χ2v) is 7.93. The van der Waals surface area contributed by atoms with Crippen LogP contribution in [0.2, 0.25) is 0 Å². The summed E-state index contributed by atoms with van der Waals surface area (Å²) in [6, 6.07) is 0. The molecule has 0 saturated heterocycles. The second kappa shape index (κ2) is 2.85. The van der Waals surface area contributed by atoms with Crippen LogP contribution in [0, 0.1) is 28.1 Å². The summed E-state index contributed by atoms with van der Waals surface area (Å²) in [5.41, 5.74) is 0.352. The first-order chi connectivity index (χ1) is 8.53. The predicted octanol–water partition coefficient (Wildman–Crippen LogP) is 4.10. The molecule has 2 aliphatic carbocycles. The predicted molar refractivity (Wildman–Crippen MR) is 70.3 cm³/mol. The zero-order valence-corrected chi connectivity index (χ0v) is 12.0. The third kappa shape index (κ3) is 1.06. The minimum absolute atomic E-state index is 0.148. The summed E-state index contributed by atoms with van der Waals surface area (Å²) in [4.78, 5) is 0. The normalized spacial score (nSPS) is 46.3. The van der Waals surface area contributed by atoms with Gasteiger partial charge < -0.3 is 5.11 Å². The van der Waals surface area contributed by atoms with E-state index in [2.05, 4.69) is 48.5 Å². The Morgan fingerprint density at radius 3 is 2.31 bits per heavy atom. The van der Waals surface area contributed by atoms with Crippen molar-refractivity contribution in [2.24, 2.45) is 28.1 Å². The van der Waals surface area contributed by atoms with Crippen molar-refractivity contribution < 1.29 is 8.08 Å². The van der Waals surface area contributed by atoms with Crippen LogP contribution in [-0.2, 0) is 0 Å². The third-order valence-corrected chi connectivity index (χ3v) is 6.81. The van der Waals surface area contributed by atoms with Gasteiger partial charge in [-0.15, -0.1) is 0 Å². The Morgan fingerprint density at radius 1 is 1.31 bits per heavy atom. The first-order valence-corrected chi connectivity index (χ1v) is 6.68. The lowest BCUT2D eigenvalue weighted by Gasteiger charge is -2.57. The molecule has 0 radical (unpaired) electrons. The number of rotatable bonds is 2. The molecule has 1 heteroatoms. The molecule has 2 saturated carbocycles. The zero-order chi connectivity index (χ0) is 15.3. The van der Waals surface area contributed by atoms with Crippen molar-refractivity contribution in [3.05, 3.63) is 0 Å². The Bertz CT molecular complexity index is 338. The van der Waals surface area contributed by atoms with Gasteiger partial charge >= 0.3 is 0 Å². The largest absolute Gasteiger partial charge is 0.390 e. The number of aliphatic hydroxyl groups is 1. The molecule has 0 aromatic rings.